The van der Waals surface area contributed by atoms with Crippen LogP contribution in [0.15, 0.2) is 22.8 Å². The van der Waals surface area contributed by atoms with E-state index in [0.29, 0.717) is 19.0 Å². The van der Waals surface area contributed by atoms with Crippen LogP contribution >= 0.6 is 0 Å². The molecule has 0 radical (unpaired) electrons. The molecule has 1 aromatic rings. The Balaban J connectivity index is 0.000000370. The number of alkyl halides is 3. The fraction of sp³-hybridized carbons (Fsp3) is 0.706. The molecule has 0 amide bonds. The van der Waals surface area contributed by atoms with Crippen molar-refractivity contribution >= 4 is 16.0 Å². The Bertz CT molecular complexity index is 754. The van der Waals surface area contributed by atoms with Crippen molar-refractivity contribution in [3.05, 3.63) is 24.2 Å². The molecule has 0 aromatic carbocycles. The molecule has 2 fully saturated rings. The van der Waals surface area contributed by atoms with Crippen molar-refractivity contribution in [3.8, 4) is 0 Å². The fourth-order valence-electron chi connectivity index (χ4n) is 3.46. The van der Waals surface area contributed by atoms with Gasteiger partial charge in [0, 0.05) is 19.7 Å². The molecule has 2 N–H and O–H groups in total. The number of aliphatic carboxylic acids is 1. The van der Waals surface area contributed by atoms with E-state index in [1.165, 1.54) is 0 Å². The van der Waals surface area contributed by atoms with E-state index in [4.69, 9.17) is 19.1 Å². The first-order valence-electron chi connectivity index (χ1n) is 9.18. The van der Waals surface area contributed by atoms with E-state index >= 15 is 0 Å². The molecule has 3 rings (SSSR count). The number of halogens is 3. The third-order valence-electron chi connectivity index (χ3n) is 4.75. The Labute approximate surface area is 167 Å². The average Bonchev–Trinajstić information content (AvgIpc) is 3.14. The summed E-state index contributed by atoms with van der Waals surface area (Å²) in [6.07, 6.45) is -1.29. The summed E-state index contributed by atoms with van der Waals surface area (Å²) in [5, 5.41) is 7.12. The lowest BCUT2D eigenvalue weighted by Crippen LogP contribution is -2.60. The normalized spacial score (nSPS) is 25.6. The molecule has 0 saturated carbocycles. The molecule has 3 heterocycles. The van der Waals surface area contributed by atoms with Crippen molar-refractivity contribution in [2.45, 2.75) is 44.6 Å². The van der Waals surface area contributed by atoms with Gasteiger partial charge in [0.25, 0.3) is 0 Å². The lowest BCUT2D eigenvalue weighted by molar-refractivity contribution is -0.192. The minimum atomic E-state index is -5.08. The molecule has 29 heavy (non-hydrogen) atoms. The topological polar surface area (TPSA) is 109 Å². The number of carboxylic acids is 1. The van der Waals surface area contributed by atoms with Crippen LogP contribution in [0.3, 0.4) is 0 Å². The van der Waals surface area contributed by atoms with Gasteiger partial charge in [-0.1, -0.05) is 0 Å². The zero-order chi connectivity index (χ0) is 21.7. The molecule has 8 nitrogen and oxygen atoms in total. The zero-order valence-electron chi connectivity index (χ0n) is 15.9. The van der Waals surface area contributed by atoms with E-state index in [1.54, 1.807) is 13.2 Å². The van der Waals surface area contributed by atoms with Crippen LogP contribution in [0.2, 0.25) is 0 Å². The largest absolute Gasteiger partial charge is 0.490 e. The number of carboxylic acid groups (broad SMARTS) is 1. The molecule has 3 atom stereocenters. The second kappa shape index (κ2) is 9.92. The van der Waals surface area contributed by atoms with Crippen LogP contribution in [-0.2, 0) is 26.1 Å². The molecule has 12 heteroatoms. The number of rotatable bonds is 5. The van der Waals surface area contributed by atoms with Gasteiger partial charge in [0.05, 0.1) is 30.7 Å². The van der Waals surface area contributed by atoms with E-state index in [9.17, 15) is 21.6 Å². The lowest BCUT2D eigenvalue weighted by Gasteiger charge is -2.45. The van der Waals surface area contributed by atoms with Crippen LogP contribution in [0.4, 0.5) is 13.2 Å². The Morgan fingerprint density at radius 2 is 2.07 bits per heavy atom. The van der Waals surface area contributed by atoms with Crippen molar-refractivity contribution in [3.63, 3.8) is 0 Å². The molecule has 0 unspecified atom stereocenters. The van der Waals surface area contributed by atoms with Gasteiger partial charge in [-0.2, -0.15) is 13.2 Å². The summed E-state index contributed by atoms with van der Waals surface area (Å²) in [5.74, 6) is -1.37. The molecule has 0 spiro atoms. The minimum Gasteiger partial charge on any atom is -0.475 e. The maximum absolute atomic E-state index is 12.0. The summed E-state index contributed by atoms with van der Waals surface area (Å²) >= 11 is 0. The molecule has 166 valence electrons. The smallest absolute Gasteiger partial charge is 0.475 e. The lowest BCUT2D eigenvalue weighted by atomic mass is 9.86. The van der Waals surface area contributed by atoms with Gasteiger partial charge in [0.2, 0.25) is 10.0 Å². The van der Waals surface area contributed by atoms with E-state index < -0.39 is 22.2 Å². The van der Waals surface area contributed by atoms with E-state index in [2.05, 4.69) is 9.62 Å². The maximum Gasteiger partial charge on any atom is 0.490 e. The second-order valence-corrected chi connectivity index (χ2v) is 8.98. The van der Waals surface area contributed by atoms with Gasteiger partial charge in [0.15, 0.2) is 0 Å². The number of hydrogen-bond acceptors (Lipinski definition) is 6. The van der Waals surface area contributed by atoms with E-state index in [0.717, 1.165) is 31.8 Å². The first-order valence-corrected chi connectivity index (χ1v) is 10.8. The summed E-state index contributed by atoms with van der Waals surface area (Å²) in [6.45, 7) is 4.67. The number of nitrogens with zero attached hydrogens (tertiary/aromatic N) is 1. The highest BCUT2D eigenvalue weighted by Gasteiger charge is 2.41. The molecular weight excluding hydrogens is 417 g/mol. The molecule has 2 saturated heterocycles. The number of fused-ring (bicyclic) bond motifs is 1. The Kier molecular flexibility index (Phi) is 8.09. The number of hydrogen-bond donors (Lipinski definition) is 2. The SMILES string of the molecule is CCS(=O)(=O)N[C@@H]1CN(Cc2ccco2)C[C@@H]2CCCO[C@@H]21.O=C(O)C(F)(F)F. The van der Waals surface area contributed by atoms with Gasteiger partial charge in [-0.05, 0) is 37.8 Å². The maximum atomic E-state index is 12.0. The standard InChI is InChI=1S/C15H24N2O4S.C2HF3O2/c1-2-22(18,19)16-14-11-17(10-13-6-4-7-20-13)9-12-5-3-8-21-15(12)14;3-2(4,5)1(6)7/h4,6-7,12,14-16H,2-3,5,8-11H2,1H3;(H,6,7)/t12-,14+,15-;/m0./s1. The third kappa shape index (κ3) is 7.28. The zero-order valence-corrected chi connectivity index (χ0v) is 16.7. The number of nitrogens with one attached hydrogen (secondary N) is 1. The molecule has 1 aromatic heterocycles. The predicted octanol–water partition coefficient (Wildman–Crippen LogP) is 1.83. The van der Waals surface area contributed by atoms with Gasteiger partial charge in [0.1, 0.15) is 5.76 Å². The Morgan fingerprint density at radius 1 is 1.38 bits per heavy atom. The van der Waals surface area contributed by atoms with Gasteiger partial charge in [-0.15, -0.1) is 0 Å². The van der Waals surface area contributed by atoms with Gasteiger partial charge < -0.3 is 14.3 Å². The fourth-order valence-corrected chi connectivity index (χ4v) is 4.30. The van der Waals surface area contributed by atoms with Crippen molar-refractivity contribution < 1.29 is 40.6 Å². The number of furan rings is 1. The molecule has 2 aliphatic rings. The molecular formula is C17H25F3N2O6S. The number of piperidine rings is 1. The van der Waals surface area contributed by atoms with Crippen molar-refractivity contribution in [1.82, 2.24) is 9.62 Å². The van der Waals surface area contributed by atoms with E-state index in [-0.39, 0.29) is 17.9 Å². The molecule has 0 aliphatic carbocycles. The number of ether oxygens (including phenoxy) is 1. The second-order valence-electron chi connectivity index (χ2n) is 6.94. The van der Waals surface area contributed by atoms with Crippen molar-refractivity contribution in [2.24, 2.45) is 5.92 Å². The summed E-state index contributed by atoms with van der Waals surface area (Å²) in [5.41, 5.74) is 0. The Morgan fingerprint density at radius 3 is 2.62 bits per heavy atom. The number of likely N-dealkylation sites (tertiary alicyclic amines) is 1. The average molecular weight is 442 g/mol. The summed E-state index contributed by atoms with van der Waals surface area (Å²) in [7, 11) is -3.24. The van der Waals surface area contributed by atoms with Crippen LogP contribution in [0.5, 0.6) is 0 Å². The van der Waals surface area contributed by atoms with Gasteiger partial charge in [-0.25, -0.2) is 17.9 Å². The van der Waals surface area contributed by atoms with Gasteiger partial charge >= 0.3 is 12.1 Å². The van der Waals surface area contributed by atoms with E-state index in [1.807, 2.05) is 12.1 Å². The Hall–Kier alpha value is -1.63. The minimum absolute atomic E-state index is 0.0112. The molecule has 2 aliphatic heterocycles. The highest BCUT2D eigenvalue weighted by atomic mass is 32.2. The quantitative estimate of drug-likeness (QED) is 0.716. The first kappa shape index (κ1) is 23.6. The first-order chi connectivity index (χ1) is 13.5. The van der Waals surface area contributed by atoms with Gasteiger partial charge in [-0.3, -0.25) is 4.90 Å². The van der Waals surface area contributed by atoms with Crippen LogP contribution < -0.4 is 4.72 Å². The van der Waals surface area contributed by atoms with Crippen LogP contribution in [0.25, 0.3) is 0 Å². The third-order valence-corrected chi connectivity index (χ3v) is 6.17. The van der Waals surface area contributed by atoms with Crippen molar-refractivity contribution in [2.75, 3.05) is 25.4 Å². The summed E-state index contributed by atoms with van der Waals surface area (Å²) < 4.78 is 69.8. The highest BCUT2D eigenvalue weighted by Crippen LogP contribution is 2.29. The monoisotopic (exact) mass is 442 g/mol. The van der Waals surface area contributed by atoms with Crippen LogP contribution in [-0.4, -0.2) is 68.2 Å². The van der Waals surface area contributed by atoms with Crippen molar-refractivity contribution in [1.29, 1.82) is 0 Å². The molecule has 0 bridgehead atoms. The van der Waals surface area contributed by atoms with Crippen LogP contribution in [0.1, 0.15) is 25.5 Å². The summed E-state index contributed by atoms with van der Waals surface area (Å²) in [6, 6.07) is 3.65. The number of carbonyl (C=O) groups is 1. The summed E-state index contributed by atoms with van der Waals surface area (Å²) in [4.78, 5) is 11.2. The van der Waals surface area contributed by atoms with Crippen LogP contribution in [0, 0.1) is 5.92 Å². The predicted molar refractivity (Wildman–Crippen MR) is 96.5 cm³/mol. The number of sulfonamides is 1. The highest BCUT2D eigenvalue weighted by molar-refractivity contribution is 7.89.